The lowest BCUT2D eigenvalue weighted by molar-refractivity contribution is 0.840. The summed E-state index contributed by atoms with van der Waals surface area (Å²) >= 11 is 0. The molecule has 0 radical (unpaired) electrons. The highest BCUT2D eigenvalue weighted by Gasteiger charge is 2.55. The standard InChI is InChI=1S/C14H33NSi2/c1-11(2)16(12(3)4)9-10-17(15-16,13(5)6)14(7)8/h11-15H,9-10H2,1-8H3. The summed E-state index contributed by atoms with van der Waals surface area (Å²) in [5.41, 5.74) is 3.53. The van der Waals surface area contributed by atoms with Crippen LogP contribution in [0.1, 0.15) is 55.4 Å². The third-order valence-electron chi connectivity index (χ3n) is 5.54. The SMILES string of the molecule is CC(C)[Si]1(C(C)C)CC[Si](C(C)C)(C(C)C)N1. The molecule has 3 heteroatoms. The maximum absolute atomic E-state index is 4.39. The van der Waals surface area contributed by atoms with Gasteiger partial charge in [-0.25, -0.2) is 0 Å². The molecule has 0 aliphatic carbocycles. The van der Waals surface area contributed by atoms with Gasteiger partial charge in [0.1, 0.15) is 16.5 Å². The molecule has 1 aliphatic rings. The van der Waals surface area contributed by atoms with Crippen molar-refractivity contribution in [3.8, 4) is 0 Å². The van der Waals surface area contributed by atoms with E-state index < -0.39 is 16.5 Å². The molecule has 0 aromatic heterocycles. The number of rotatable bonds is 4. The second kappa shape index (κ2) is 5.18. The van der Waals surface area contributed by atoms with Crippen LogP contribution >= 0.6 is 0 Å². The summed E-state index contributed by atoms with van der Waals surface area (Å²) < 4.78 is 4.39. The minimum atomic E-state index is -1.24. The molecule has 1 N–H and O–H groups in total. The lowest BCUT2D eigenvalue weighted by Crippen LogP contribution is -2.63. The van der Waals surface area contributed by atoms with E-state index >= 15 is 0 Å². The van der Waals surface area contributed by atoms with Crippen LogP contribution in [0.25, 0.3) is 0 Å². The van der Waals surface area contributed by atoms with Crippen LogP contribution < -0.4 is 4.65 Å². The minimum Gasteiger partial charge on any atom is -0.358 e. The summed E-state index contributed by atoms with van der Waals surface area (Å²) in [6.45, 7) is 19.7. The predicted octanol–water partition coefficient (Wildman–Crippen LogP) is 5.12. The van der Waals surface area contributed by atoms with Gasteiger partial charge in [-0.05, 0) is 34.3 Å². The largest absolute Gasteiger partial charge is 0.358 e. The molecule has 1 heterocycles. The van der Waals surface area contributed by atoms with Gasteiger partial charge in [0.05, 0.1) is 0 Å². The van der Waals surface area contributed by atoms with E-state index in [1.165, 1.54) is 12.1 Å². The summed E-state index contributed by atoms with van der Waals surface area (Å²) in [5, 5.41) is 0. The second-order valence-corrected chi connectivity index (χ2v) is 18.1. The van der Waals surface area contributed by atoms with Crippen LogP contribution in [0, 0.1) is 0 Å². The number of nitrogens with one attached hydrogen (secondary N) is 1. The number of hydrogen-bond acceptors (Lipinski definition) is 1. The lowest BCUT2D eigenvalue weighted by Gasteiger charge is -2.43. The molecule has 0 saturated carbocycles. The van der Waals surface area contributed by atoms with Gasteiger partial charge in [0.15, 0.2) is 0 Å². The molecule has 17 heavy (non-hydrogen) atoms. The molecule has 0 unspecified atom stereocenters. The first-order chi connectivity index (χ1) is 7.69. The quantitative estimate of drug-likeness (QED) is 0.700. The van der Waals surface area contributed by atoms with E-state index in [0.29, 0.717) is 0 Å². The van der Waals surface area contributed by atoms with Gasteiger partial charge in [0, 0.05) is 0 Å². The van der Waals surface area contributed by atoms with E-state index in [4.69, 9.17) is 0 Å². The third kappa shape index (κ3) is 2.43. The average molecular weight is 272 g/mol. The molecule has 0 spiro atoms. The highest BCUT2D eigenvalue weighted by molar-refractivity contribution is 7.00. The first-order valence-electron chi connectivity index (χ1n) is 7.48. The molecule has 102 valence electrons. The Morgan fingerprint density at radius 2 is 0.824 bits per heavy atom. The average Bonchev–Trinajstić information content (AvgIpc) is 2.59. The van der Waals surface area contributed by atoms with E-state index in [-0.39, 0.29) is 0 Å². The predicted molar refractivity (Wildman–Crippen MR) is 84.6 cm³/mol. The van der Waals surface area contributed by atoms with Crippen LogP contribution in [0.5, 0.6) is 0 Å². The first kappa shape index (κ1) is 15.5. The Labute approximate surface area is 111 Å². The van der Waals surface area contributed by atoms with Crippen molar-refractivity contribution in [1.82, 2.24) is 4.65 Å². The zero-order valence-corrected chi connectivity index (χ0v) is 15.2. The molecule has 0 amide bonds. The van der Waals surface area contributed by atoms with Crippen molar-refractivity contribution in [2.45, 2.75) is 89.6 Å². The van der Waals surface area contributed by atoms with Crippen LogP contribution in [0.4, 0.5) is 0 Å². The normalized spacial score (nSPS) is 23.3. The monoisotopic (exact) mass is 271 g/mol. The van der Waals surface area contributed by atoms with Gasteiger partial charge >= 0.3 is 0 Å². The zero-order valence-electron chi connectivity index (χ0n) is 13.2. The summed E-state index contributed by atoms with van der Waals surface area (Å²) in [5.74, 6) is 0. The van der Waals surface area contributed by atoms with Crippen LogP contribution in [-0.4, -0.2) is 16.5 Å². The van der Waals surface area contributed by atoms with Crippen LogP contribution in [-0.2, 0) is 0 Å². The molecule has 1 rings (SSSR count). The van der Waals surface area contributed by atoms with Crippen molar-refractivity contribution >= 4 is 16.5 Å². The van der Waals surface area contributed by atoms with E-state index in [0.717, 1.165) is 22.2 Å². The van der Waals surface area contributed by atoms with Gasteiger partial charge < -0.3 is 4.65 Å². The van der Waals surface area contributed by atoms with Gasteiger partial charge in [-0.3, -0.25) is 0 Å². The van der Waals surface area contributed by atoms with Gasteiger partial charge in [0.25, 0.3) is 0 Å². The lowest BCUT2D eigenvalue weighted by atomic mass is 10.5. The Bertz CT molecular complexity index is 217. The number of hydrogen-bond donors (Lipinski definition) is 1. The Morgan fingerprint density at radius 1 is 0.588 bits per heavy atom. The fourth-order valence-electron chi connectivity index (χ4n) is 4.04. The smallest absolute Gasteiger partial charge is 0.124 e. The van der Waals surface area contributed by atoms with Crippen molar-refractivity contribution in [2.24, 2.45) is 0 Å². The molecule has 0 atom stereocenters. The molecule has 0 aromatic carbocycles. The van der Waals surface area contributed by atoms with Crippen molar-refractivity contribution in [1.29, 1.82) is 0 Å². The highest BCUT2D eigenvalue weighted by Crippen LogP contribution is 2.48. The van der Waals surface area contributed by atoms with E-state index in [1.807, 2.05) is 0 Å². The molecule has 1 fully saturated rings. The molecule has 1 nitrogen and oxygen atoms in total. The van der Waals surface area contributed by atoms with E-state index in [9.17, 15) is 0 Å². The summed E-state index contributed by atoms with van der Waals surface area (Å²) in [7, 11) is -2.47. The third-order valence-corrected chi connectivity index (χ3v) is 20.2. The summed E-state index contributed by atoms with van der Waals surface area (Å²) in [4.78, 5) is 0. The maximum atomic E-state index is 4.39. The summed E-state index contributed by atoms with van der Waals surface area (Å²) in [6.07, 6.45) is 0. The van der Waals surface area contributed by atoms with Crippen molar-refractivity contribution in [2.75, 3.05) is 0 Å². The summed E-state index contributed by atoms with van der Waals surface area (Å²) in [6, 6.07) is 3.07. The zero-order chi connectivity index (χ0) is 13.4. The first-order valence-corrected chi connectivity index (χ1v) is 12.2. The van der Waals surface area contributed by atoms with E-state index in [1.54, 1.807) is 0 Å². The Balaban J connectivity index is 3.06. The van der Waals surface area contributed by atoms with Gasteiger partial charge in [-0.1, -0.05) is 55.4 Å². The fraction of sp³-hybridized carbons (Fsp3) is 1.00. The van der Waals surface area contributed by atoms with Crippen molar-refractivity contribution in [3.63, 3.8) is 0 Å². The molecule has 0 aromatic rings. The van der Waals surface area contributed by atoms with Gasteiger partial charge in [-0.2, -0.15) is 0 Å². The highest BCUT2D eigenvalue weighted by atomic mass is 28.4. The van der Waals surface area contributed by atoms with Crippen LogP contribution in [0.2, 0.25) is 34.3 Å². The molecule has 1 aliphatic heterocycles. The van der Waals surface area contributed by atoms with Gasteiger partial charge in [-0.15, -0.1) is 0 Å². The Morgan fingerprint density at radius 3 is 0.941 bits per heavy atom. The Kier molecular flexibility index (Phi) is 4.71. The molecule has 1 saturated heterocycles. The maximum Gasteiger partial charge on any atom is 0.124 e. The topological polar surface area (TPSA) is 12.0 Å². The molecule has 0 bridgehead atoms. The fourth-order valence-corrected chi connectivity index (χ4v) is 21.4. The van der Waals surface area contributed by atoms with Crippen LogP contribution in [0.15, 0.2) is 0 Å². The minimum absolute atomic E-state index is 0.884. The van der Waals surface area contributed by atoms with Crippen molar-refractivity contribution < 1.29 is 0 Å². The van der Waals surface area contributed by atoms with E-state index in [2.05, 4.69) is 60.0 Å². The molecular formula is C14H33NSi2. The Hall–Kier alpha value is 0.394. The molecular weight excluding hydrogens is 238 g/mol. The van der Waals surface area contributed by atoms with Crippen LogP contribution in [0.3, 0.4) is 0 Å². The van der Waals surface area contributed by atoms with Gasteiger partial charge in [0.2, 0.25) is 0 Å². The van der Waals surface area contributed by atoms with Crippen molar-refractivity contribution in [3.05, 3.63) is 0 Å². The second-order valence-electron chi connectivity index (χ2n) is 7.32.